The predicted molar refractivity (Wildman–Crippen MR) is 70.4 cm³/mol. The predicted octanol–water partition coefficient (Wildman–Crippen LogP) is 3.11. The van der Waals surface area contributed by atoms with Gasteiger partial charge in [0.25, 0.3) is 5.91 Å². The molecule has 0 fully saturated rings. The number of nitrogens with one attached hydrogen (secondary N) is 1. The van der Waals surface area contributed by atoms with E-state index in [4.69, 9.17) is 4.42 Å². The van der Waals surface area contributed by atoms with Crippen LogP contribution in [0.15, 0.2) is 41.1 Å². The number of hydrogen-bond acceptors (Lipinski definition) is 4. The van der Waals surface area contributed by atoms with Crippen LogP contribution < -0.4 is 10.1 Å². The first-order chi connectivity index (χ1) is 10.4. The molecule has 1 amide bonds. The SMILES string of the molecule is CC(NC(=O)c1cccnc1OCC(F)(F)F)c1ccco1. The molecule has 1 atom stereocenters. The Morgan fingerprint density at radius 2 is 2.18 bits per heavy atom. The van der Waals surface area contributed by atoms with E-state index in [1.54, 1.807) is 19.1 Å². The quantitative estimate of drug-likeness (QED) is 0.921. The van der Waals surface area contributed by atoms with Gasteiger partial charge >= 0.3 is 6.18 Å². The summed E-state index contributed by atoms with van der Waals surface area (Å²) < 4.78 is 46.3. The average molecular weight is 314 g/mol. The van der Waals surface area contributed by atoms with Crippen molar-refractivity contribution in [1.29, 1.82) is 0 Å². The van der Waals surface area contributed by atoms with E-state index < -0.39 is 24.7 Å². The fourth-order valence-corrected chi connectivity index (χ4v) is 1.71. The number of carbonyl (C=O) groups is 1. The number of nitrogens with zero attached hydrogens (tertiary/aromatic N) is 1. The fourth-order valence-electron chi connectivity index (χ4n) is 1.71. The third kappa shape index (κ3) is 4.24. The van der Waals surface area contributed by atoms with Crippen molar-refractivity contribution in [3.05, 3.63) is 48.0 Å². The Labute approximate surface area is 124 Å². The molecule has 1 N–H and O–H groups in total. The van der Waals surface area contributed by atoms with Crippen molar-refractivity contribution in [2.24, 2.45) is 0 Å². The largest absolute Gasteiger partial charge is 0.467 e. The summed E-state index contributed by atoms with van der Waals surface area (Å²) >= 11 is 0. The first-order valence-corrected chi connectivity index (χ1v) is 6.35. The highest BCUT2D eigenvalue weighted by Gasteiger charge is 2.29. The van der Waals surface area contributed by atoms with Crippen molar-refractivity contribution in [2.45, 2.75) is 19.1 Å². The lowest BCUT2D eigenvalue weighted by Gasteiger charge is -2.14. The van der Waals surface area contributed by atoms with Crippen molar-refractivity contribution in [2.75, 3.05) is 6.61 Å². The molecule has 2 aromatic rings. The van der Waals surface area contributed by atoms with Gasteiger partial charge in [-0.15, -0.1) is 0 Å². The number of furan rings is 1. The van der Waals surface area contributed by atoms with E-state index in [0.717, 1.165) is 0 Å². The van der Waals surface area contributed by atoms with Crippen LogP contribution in [-0.2, 0) is 0 Å². The minimum atomic E-state index is -4.51. The zero-order valence-electron chi connectivity index (χ0n) is 11.6. The number of carbonyl (C=O) groups excluding carboxylic acids is 1. The zero-order chi connectivity index (χ0) is 16.2. The van der Waals surface area contributed by atoms with Gasteiger partial charge in [0, 0.05) is 6.20 Å². The first kappa shape index (κ1) is 15.9. The molecule has 2 aromatic heterocycles. The second-order valence-electron chi connectivity index (χ2n) is 4.47. The maximum Gasteiger partial charge on any atom is 0.422 e. The minimum Gasteiger partial charge on any atom is -0.467 e. The number of hydrogen-bond donors (Lipinski definition) is 1. The van der Waals surface area contributed by atoms with Gasteiger partial charge in [-0.2, -0.15) is 13.2 Å². The van der Waals surface area contributed by atoms with Crippen LogP contribution in [0.1, 0.15) is 29.1 Å². The first-order valence-electron chi connectivity index (χ1n) is 6.35. The van der Waals surface area contributed by atoms with Crippen molar-refractivity contribution in [1.82, 2.24) is 10.3 Å². The summed E-state index contributed by atoms with van der Waals surface area (Å²) in [5.74, 6) is -0.451. The molecule has 118 valence electrons. The lowest BCUT2D eigenvalue weighted by atomic mass is 10.2. The number of aromatic nitrogens is 1. The standard InChI is InChI=1S/C14H13F3N2O3/c1-9(11-5-3-7-21-11)19-12(20)10-4-2-6-18-13(10)22-8-14(15,16)17/h2-7,9H,8H2,1H3,(H,19,20). The van der Waals surface area contributed by atoms with E-state index in [1.807, 2.05) is 0 Å². The highest BCUT2D eigenvalue weighted by atomic mass is 19.4. The molecule has 2 rings (SSSR count). The second kappa shape index (κ2) is 6.50. The van der Waals surface area contributed by atoms with E-state index in [0.29, 0.717) is 5.76 Å². The number of pyridine rings is 1. The van der Waals surface area contributed by atoms with Gasteiger partial charge < -0.3 is 14.5 Å². The Morgan fingerprint density at radius 1 is 1.41 bits per heavy atom. The highest BCUT2D eigenvalue weighted by molar-refractivity contribution is 5.96. The summed E-state index contributed by atoms with van der Waals surface area (Å²) in [6.07, 6.45) is -1.80. The van der Waals surface area contributed by atoms with Crippen LogP contribution in [0.3, 0.4) is 0 Å². The Bertz CT molecular complexity index is 627. The molecular weight excluding hydrogens is 301 g/mol. The summed E-state index contributed by atoms with van der Waals surface area (Å²) in [6.45, 7) is 0.168. The summed E-state index contributed by atoms with van der Waals surface area (Å²) in [6, 6.07) is 5.67. The van der Waals surface area contributed by atoms with Crippen LogP contribution in [0, 0.1) is 0 Å². The van der Waals surface area contributed by atoms with Gasteiger partial charge in [-0.05, 0) is 31.2 Å². The maximum absolute atomic E-state index is 12.2. The number of halogens is 3. The molecule has 0 radical (unpaired) electrons. The average Bonchev–Trinajstić information content (AvgIpc) is 2.99. The molecule has 8 heteroatoms. The van der Waals surface area contributed by atoms with Gasteiger partial charge in [-0.3, -0.25) is 4.79 Å². The van der Waals surface area contributed by atoms with E-state index in [1.165, 1.54) is 24.6 Å². The molecule has 0 spiro atoms. The molecule has 0 aliphatic rings. The van der Waals surface area contributed by atoms with Crippen molar-refractivity contribution in [3.8, 4) is 5.88 Å². The van der Waals surface area contributed by atoms with Gasteiger partial charge in [0.1, 0.15) is 11.3 Å². The van der Waals surface area contributed by atoms with Crippen LogP contribution >= 0.6 is 0 Å². The van der Waals surface area contributed by atoms with Gasteiger partial charge in [-0.25, -0.2) is 4.98 Å². The van der Waals surface area contributed by atoms with Crippen LogP contribution in [0.5, 0.6) is 5.88 Å². The van der Waals surface area contributed by atoms with Crippen LogP contribution in [0.4, 0.5) is 13.2 Å². The number of ether oxygens (including phenoxy) is 1. The zero-order valence-corrected chi connectivity index (χ0v) is 11.6. The smallest absolute Gasteiger partial charge is 0.422 e. The normalized spacial score (nSPS) is 12.7. The topological polar surface area (TPSA) is 64.4 Å². The lowest BCUT2D eigenvalue weighted by molar-refractivity contribution is -0.154. The Kier molecular flexibility index (Phi) is 4.69. The molecule has 1 unspecified atom stereocenters. The van der Waals surface area contributed by atoms with Crippen molar-refractivity contribution < 1.29 is 27.1 Å². The Morgan fingerprint density at radius 3 is 2.82 bits per heavy atom. The van der Waals surface area contributed by atoms with E-state index >= 15 is 0 Å². The molecular formula is C14H13F3N2O3. The molecule has 0 bridgehead atoms. The molecule has 0 aliphatic heterocycles. The second-order valence-corrected chi connectivity index (χ2v) is 4.47. The minimum absolute atomic E-state index is 0.0786. The fraction of sp³-hybridized carbons (Fsp3) is 0.286. The molecule has 0 aromatic carbocycles. The maximum atomic E-state index is 12.2. The van der Waals surface area contributed by atoms with E-state index in [2.05, 4.69) is 15.0 Å². The Balaban J connectivity index is 2.09. The summed E-state index contributed by atoms with van der Waals surface area (Å²) in [5, 5.41) is 2.60. The van der Waals surface area contributed by atoms with Gasteiger partial charge in [0.2, 0.25) is 5.88 Å². The summed E-state index contributed by atoms with van der Waals surface area (Å²) in [5.41, 5.74) is -0.0786. The van der Waals surface area contributed by atoms with E-state index in [-0.39, 0.29) is 11.4 Å². The molecule has 22 heavy (non-hydrogen) atoms. The van der Waals surface area contributed by atoms with Gasteiger partial charge in [0.05, 0.1) is 12.3 Å². The monoisotopic (exact) mass is 314 g/mol. The number of amides is 1. The molecule has 0 saturated carbocycles. The third-order valence-electron chi connectivity index (χ3n) is 2.71. The molecule has 5 nitrogen and oxygen atoms in total. The number of alkyl halides is 3. The van der Waals surface area contributed by atoms with E-state index in [9.17, 15) is 18.0 Å². The summed E-state index contributed by atoms with van der Waals surface area (Å²) in [4.78, 5) is 15.8. The third-order valence-corrected chi connectivity index (χ3v) is 2.71. The molecule has 2 heterocycles. The molecule has 0 aliphatic carbocycles. The summed E-state index contributed by atoms with van der Waals surface area (Å²) in [7, 11) is 0. The number of rotatable bonds is 5. The van der Waals surface area contributed by atoms with Crippen molar-refractivity contribution in [3.63, 3.8) is 0 Å². The highest BCUT2D eigenvalue weighted by Crippen LogP contribution is 2.21. The van der Waals surface area contributed by atoms with Crippen molar-refractivity contribution >= 4 is 5.91 Å². The van der Waals surface area contributed by atoms with Gasteiger partial charge in [0.15, 0.2) is 6.61 Å². The van der Waals surface area contributed by atoms with Gasteiger partial charge in [-0.1, -0.05) is 0 Å². The van der Waals surface area contributed by atoms with Crippen LogP contribution in [0.2, 0.25) is 0 Å². The lowest BCUT2D eigenvalue weighted by Crippen LogP contribution is -2.28. The molecule has 0 saturated heterocycles. The van der Waals surface area contributed by atoms with Crippen LogP contribution in [0.25, 0.3) is 0 Å². The van der Waals surface area contributed by atoms with Crippen LogP contribution in [-0.4, -0.2) is 23.7 Å². The Hall–Kier alpha value is -2.51.